The van der Waals surface area contributed by atoms with E-state index in [-0.39, 0.29) is 16.8 Å². The molecular weight excluding hydrogens is 388 g/mol. The van der Waals surface area contributed by atoms with Gasteiger partial charge in [0.05, 0.1) is 22.8 Å². The van der Waals surface area contributed by atoms with E-state index in [1.807, 2.05) is 43.5 Å². The molecule has 1 atom stereocenters. The summed E-state index contributed by atoms with van der Waals surface area (Å²) in [6, 6.07) is 15.9. The molecule has 3 aromatic rings. The van der Waals surface area contributed by atoms with Crippen LogP contribution < -0.4 is 5.14 Å². The first kappa shape index (κ1) is 20.8. The van der Waals surface area contributed by atoms with Gasteiger partial charge in [0.25, 0.3) is 0 Å². The fourth-order valence-electron chi connectivity index (χ4n) is 3.01. The molecule has 0 unspecified atom stereocenters. The van der Waals surface area contributed by atoms with E-state index in [1.165, 1.54) is 12.1 Å². The van der Waals surface area contributed by atoms with Crippen LogP contribution in [0.4, 0.5) is 0 Å². The van der Waals surface area contributed by atoms with Gasteiger partial charge in [-0.1, -0.05) is 30.3 Å². The molecule has 1 heterocycles. The third-order valence-electron chi connectivity index (χ3n) is 4.95. The normalized spacial score (nSPS) is 12.5. The molecule has 0 spiro atoms. The lowest BCUT2D eigenvalue weighted by Crippen LogP contribution is -2.29. The zero-order chi connectivity index (χ0) is 21.0. The zero-order valence-corrected chi connectivity index (χ0v) is 17.2. The Morgan fingerprint density at radius 2 is 1.79 bits per heavy atom. The molecule has 0 saturated heterocycles. The minimum atomic E-state index is -3.73. The number of nitrogens with zero attached hydrogens (tertiary/aromatic N) is 3. The highest BCUT2D eigenvalue weighted by molar-refractivity contribution is 7.89. The Labute approximate surface area is 170 Å². The van der Waals surface area contributed by atoms with Gasteiger partial charge in [-0.3, -0.25) is 4.79 Å². The van der Waals surface area contributed by atoms with Gasteiger partial charge in [0.2, 0.25) is 15.9 Å². The molecule has 0 radical (unpaired) electrons. The summed E-state index contributed by atoms with van der Waals surface area (Å²) in [6.45, 7) is 1.90. The summed E-state index contributed by atoms with van der Waals surface area (Å²) in [5.74, 6) is 0.000448. The summed E-state index contributed by atoms with van der Waals surface area (Å²) in [7, 11) is -1.98. The predicted molar refractivity (Wildman–Crippen MR) is 111 cm³/mol. The Morgan fingerprint density at radius 3 is 2.41 bits per heavy atom. The van der Waals surface area contributed by atoms with Crippen LogP contribution in [0.25, 0.3) is 5.69 Å². The van der Waals surface area contributed by atoms with Crippen molar-refractivity contribution in [3.8, 4) is 5.69 Å². The van der Waals surface area contributed by atoms with Gasteiger partial charge in [0.1, 0.15) is 0 Å². The van der Waals surface area contributed by atoms with Crippen LogP contribution in [0.15, 0.2) is 71.9 Å². The van der Waals surface area contributed by atoms with Crippen molar-refractivity contribution < 1.29 is 13.2 Å². The Bertz CT molecular complexity index is 1080. The molecule has 8 heteroatoms. The summed E-state index contributed by atoms with van der Waals surface area (Å²) in [5.41, 5.74) is 2.80. The smallest absolute Gasteiger partial charge is 0.238 e. The van der Waals surface area contributed by atoms with Crippen LogP contribution in [0.1, 0.15) is 30.5 Å². The van der Waals surface area contributed by atoms with Crippen LogP contribution >= 0.6 is 0 Å². The molecule has 0 bridgehead atoms. The van der Waals surface area contributed by atoms with Gasteiger partial charge in [-0.25, -0.2) is 18.2 Å². The van der Waals surface area contributed by atoms with E-state index in [9.17, 15) is 13.2 Å². The molecule has 2 N–H and O–H groups in total. The largest absolute Gasteiger partial charge is 0.339 e. The number of rotatable bonds is 7. The summed E-state index contributed by atoms with van der Waals surface area (Å²) in [6.07, 6.45) is 4.65. The van der Waals surface area contributed by atoms with E-state index in [2.05, 4.69) is 5.10 Å². The van der Waals surface area contributed by atoms with Gasteiger partial charge in [0.15, 0.2) is 0 Å². The average Bonchev–Trinajstić information content (AvgIpc) is 3.20. The number of primary sulfonamides is 1. The predicted octanol–water partition coefficient (Wildman–Crippen LogP) is 2.67. The number of benzene rings is 2. The number of sulfonamides is 1. The van der Waals surface area contributed by atoms with Crippen LogP contribution in [0, 0.1) is 0 Å². The van der Waals surface area contributed by atoms with Crippen LogP contribution in [0.2, 0.25) is 0 Å². The fraction of sp³-hybridized carbons (Fsp3) is 0.238. The van der Waals surface area contributed by atoms with Gasteiger partial charge in [0, 0.05) is 19.7 Å². The van der Waals surface area contributed by atoms with Gasteiger partial charge in [-0.15, -0.1) is 0 Å². The van der Waals surface area contributed by atoms with Gasteiger partial charge in [-0.2, -0.15) is 5.10 Å². The van der Waals surface area contributed by atoms with Crippen molar-refractivity contribution in [2.24, 2.45) is 5.14 Å². The number of aromatic nitrogens is 2. The molecular formula is C21H24N4O3S. The Balaban J connectivity index is 1.60. The summed E-state index contributed by atoms with van der Waals surface area (Å²) in [5, 5.41) is 9.48. The number of aryl methyl sites for hydroxylation is 1. The van der Waals surface area contributed by atoms with Crippen molar-refractivity contribution >= 4 is 15.9 Å². The lowest BCUT2D eigenvalue weighted by molar-refractivity contribution is -0.131. The van der Waals surface area contributed by atoms with E-state index >= 15 is 0 Å². The van der Waals surface area contributed by atoms with Crippen molar-refractivity contribution in [2.75, 3.05) is 7.05 Å². The molecule has 0 fully saturated rings. The van der Waals surface area contributed by atoms with Crippen molar-refractivity contribution in [3.05, 3.63) is 78.1 Å². The van der Waals surface area contributed by atoms with Gasteiger partial charge >= 0.3 is 0 Å². The van der Waals surface area contributed by atoms with E-state index < -0.39 is 10.0 Å². The molecule has 0 saturated carbocycles. The second-order valence-corrected chi connectivity index (χ2v) is 8.48. The summed E-state index contributed by atoms with van der Waals surface area (Å²) >= 11 is 0. The van der Waals surface area contributed by atoms with Gasteiger partial charge < -0.3 is 4.90 Å². The molecule has 152 valence electrons. The molecule has 3 rings (SSSR count). The zero-order valence-electron chi connectivity index (χ0n) is 16.4. The molecule has 0 aliphatic heterocycles. The van der Waals surface area contributed by atoms with Crippen LogP contribution in [-0.4, -0.2) is 36.1 Å². The van der Waals surface area contributed by atoms with Gasteiger partial charge in [-0.05, 0) is 48.7 Å². The average molecular weight is 413 g/mol. The highest BCUT2D eigenvalue weighted by Crippen LogP contribution is 2.21. The number of hydrogen-bond donors (Lipinski definition) is 1. The quantitative estimate of drug-likeness (QED) is 0.645. The monoisotopic (exact) mass is 412 g/mol. The highest BCUT2D eigenvalue weighted by atomic mass is 32.2. The lowest BCUT2D eigenvalue weighted by atomic mass is 10.1. The SMILES string of the molecule is C[C@@H](c1ccc(S(N)(=O)=O)cc1)N(C)C(=O)CCc1cnn(-c2ccccc2)c1. The maximum Gasteiger partial charge on any atom is 0.238 e. The molecule has 0 aliphatic rings. The second kappa shape index (κ2) is 8.59. The molecule has 29 heavy (non-hydrogen) atoms. The Hall–Kier alpha value is -2.97. The Morgan fingerprint density at radius 1 is 1.14 bits per heavy atom. The van der Waals surface area contributed by atoms with Crippen molar-refractivity contribution in [3.63, 3.8) is 0 Å². The van der Waals surface area contributed by atoms with Crippen molar-refractivity contribution in [1.82, 2.24) is 14.7 Å². The topological polar surface area (TPSA) is 98.3 Å². The number of hydrogen-bond acceptors (Lipinski definition) is 4. The van der Waals surface area contributed by atoms with Crippen LogP contribution in [-0.2, 0) is 21.2 Å². The van der Waals surface area contributed by atoms with Crippen LogP contribution in [0.3, 0.4) is 0 Å². The summed E-state index contributed by atoms with van der Waals surface area (Å²) in [4.78, 5) is 14.3. The number of carbonyl (C=O) groups excluding carboxylic acids is 1. The number of carbonyl (C=O) groups is 1. The third-order valence-corrected chi connectivity index (χ3v) is 5.88. The summed E-state index contributed by atoms with van der Waals surface area (Å²) < 4.78 is 24.5. The first-order valence-corrected chi connectivity index (χ1v) is 10.8. The molecule has 0 aliphatic carbocycles. The second-order valence-electron chi connectivity index (χ2n) is 6.92. The van der Waals surface area contributed by atoms with Crippen LogP contribution in [0.5, 0.6) is 0 Å². The first-order chi connectivity index (χ1) is 13.8. The number of amides is 1. The maximum absolute atomic E-state index is 12.6. The highest BCUT2D eigenvalue weighted by Gasteiger charge is 2.18. The molecule has 7 nitrogen and oxygen atoms in total. The fourth-order valence-corrected chi connectivity index (χ4v) is 3.53. The molecule has 1 aromatic heterocycles. The Kier molecular flexibility index (Phi) is 6.14. The molecule has 2 aromatic carbocycles. The number of para-hydroxylation sites is 1. The number of nitrogens with two attached hydrogens (primary N) is 1. The lowest BCUT2D eigenvalue weighted by Gasteiger charge is -2.25. The molecule has 1 amide bonds. The van der Waals surface area contributed by atoms with E-state index in [4.69, 9.17) is 5.14 Å². The first-order valence-electron chi connectivity index (χ1n) is 9.23. The minimum absolute atomic E-state index is 0.000448. The van der Waals surface area contributed by atoms with E-state index in [0.717, 1.165) is 16.8 Å². The third kappa shape index (κ3) is 5.10. The maximum atomic E-state index is 12.6. The minimum Gasteiger partial charge on any atom is -0.339 e. The van der Waals surface area contributed by atoms with Crippen molar-refractivity contribution in [2.45, 2.75) is 30.7 Å². The van der Waals surface area contributed by atoms with E-state index in [0.29, 0.717) is 12.8 Å². The van der Waals surface area contributed by atoms with E-state index in [1.54, 1.807) is 35.0 Å². The van der Waals surface area contributed by atoms with Crippen molar-refractivity contribution in [1.29, 1.82) is 0 Å². The standard InChI is InChI=1S/C21H24N4O3S/c1-16(18-9-11-20(12-10-18)29(22,27)28)24(2)21(26)13-8-17-14-23-25(15-17)19-6-4-3-5-7-19/h3-7,9-12,14-16H,8,13H2,1-2H3,(H2,22,27,28)/t16-/m0/s1.